The standard InChI is InChI=1S/C7H3BrClFO2/c8-6-4(10)2-1-3-5(6)12-7(9)11/h1-3H. The zero-order valence-electron chi connectivity index (χ0n) is 5.68. The maximum Gasteiger partial charge on any atom is 0.409 e. The third-order valence-corrected chi connectivity index (χ3v) is 1.95. The lowest BCUT2D eigenvalue weighted by Gasteiger charge is -2.02. The second-order valence-corrected chi connectivity index (χ2v) is 2.99. The molecule has 0 saturated heterocycles. The van der Waals surface area contributed by atoms with Crippen LogP contribution < -0.4 is 4.74 Å². The number of carbonyl (C=O) groups excluding carboxylic acids is 1. The third kappa shape index (κ3) is 2.19. The average molecular weight is 253 g/mol. The normalized spacial score (nSPS) is 9.58. The highest BCUT2D eigenvalue weighted by molar-refractivity contribution is 9.10. The number of carbonyl (C=O) groups is 1. The van der Waals surface area contributed by atoms with E-state index in [0.717, 1.165) is 0 Å². The molecule has 0 spiro atoms. The van der Waals surface area contributed by atoms with Crippen LogP contribution in [0.4, 0.5) is 9.18 Å². The predicted octanol–water partition coefficient (Wildman–Crippen LogP) is 3.33. The lowest BCUT2D eigenvalue weighted by molar-refractivity contribution is 0.225. The summed E-state index contributed by atoms with van der Waals surface area (Å²) < 4.78 is 17.3. The fourth-order valence-corrected chi connectivity index (χ4v) is 1.08. The van der Waals surface area contributed by atoms with E-state index in [1.165, 1.54) is 18.2 Å². The molecule has 2 nitrogen and oxygen atoms in total. The summed E-state index contributed by atoms with van der Waals surface area (Å²) in [4.78, 5) is 10.3. The molecule has 0 aliphatic rings. The molecule has 1 aromatic carbocycles. The van der Waals surface area contributed by atoms with Crippen molar-refractivity contribution >= 4 is 33.0 Å². The summed E-state index contributed by atoms with van der Waals surface area (Å²) in [7, 11) is 0. The van der Waals surface area contributed by atoms with Crippen LogP contribution >= 0.6 is 27.5 Å². The Labute approximate surface area is 81.4 Å². The highest BCUT2D eigenvalue weighted by Gasteiger charge is 2.08. The van der Waals surface area contributed by atoms with Gasteiger partial charge in [0.05, 0.1) is 4.47 Å². The zero-order valence-corrected chi connectivity index (χ0v) is 8.02. The van der Waals surface area contributed by atoms with Gasteiger partial charge in [0, 0.05) is 11.6 Å². The fraction of sp³-hybridized carbons (Fsp3) is 0. The third-order valence-electron chi connectivity index (χ3n) is 1.11. The topological polar surface area (TPSA) is 26.3 Å². The van der Waals surface area contributed by atoms with Crippen LogP contribution in [-0.4, -0.2) is 5.43 Å². The molecule has 0 radical (unpaired) electrons. The van der Waals surface area contributed by atoms with Gasteiger partial charge in [0.1, 0.15) is 11.6 Å². The van der Waals surface area contributed by atoms with Crippen molar-refractivity contribution in [1.82, 2.24) is 0 Å². The first-order chi connectivity index (χ1) is 5.61. The van der Waals surface area contributed by atoms with E-state index in [-0.39, 0.29) is 10.2 Å². The quantitative estimate of drug-likeness (QED) is 0.718. The second kappa shape index (κ2) is 3.87. The summed E-state index contributed by atoms with van der Waals surface area (Å²) in [6.07, 6.45) is 0. The fourth-order valence-electron chi connectivity index (χ4n) is 0.649. The average Bonchev–Trinajstić information content (AvgIpc) is 1.98. The van der Waals surface area contributed by atoms with Gasteiger partial charge in [-0.2, -0.15) is 0 Å². The van der Waals surface area contributed by atoms with Crippen LogP contribution in [-0.2, 0) is 0 Å². The van der Waals surface area contributed by atoms with Crippen LogP contribution in [0.25, 0.3) is 0 Å². The largest absolute Gasteiger partial charge is 0.413 e. The SMILES string of the molecule is O=C(Cl)Oc1cccc(F)c1Br. The van der Waals surface area contributed by atoms with Gasteiger partial charge >= 0.3 is 5.43 Å². The van der Waals surface area contributed by atoms with Crippen molar-refractivity contribution < 1.29 is 13.9 Å². The Bertz CT molecular complexity index is 316. The monoisotopic (exact) mass is 252 g/mol. The van der Waals surface area contributed by atoms with Crippen LogP contribution in [0.2, 0.25) is 0 Å². The molecule has 0 heterocycles. The summed E-state index contributed by atoms with van der Waals surface area (Å²) in [6, 6.07) is 4.07. The van der Waals surface area contributed by atoms with Crippen molar-refractivity contribution in [2.24, 2.45) is 0 Å². The molecular weight excluding hydrogens is 250 g/mol. The molecule has 12 heavy (non-hydrogen) atoms. The van der Waals surface area contributed by atoms with Crippen molar-refractivity contribution in [3.8, 4) is 5.75 Å². The maximum atomic E-state index is 12.7. The Hall–Kier alpha value is -0.610. The summed E-state index contributed by atoms with van der Waals surface area (Å²) in [6.45, 7) is 0. The van der Waals surface area contributed by atoms with E-state index >= 15 is 0 Å². The van der Waals surface area contributed by atoms with Crippen LogP contribution in [0.15, 0.2) is 22.7 Å². The predicted molar refractivity (Wildman–Crippen MR) is 46.0 cm³/mol. The van der Waals surface area contributed by atoms with Gasteiger partial charge in [0.25, 0.3) is 0 Å². The highest BCUT2D eigenvalue weighted by atomic mass is 79.9. The number of ether oxygens (including phenoxy) is 1. The Morgan fingerprint density at radius 1 is 1.58 bits per heavy atom. The maximum absolute atomic E-state index is 12.7. The Morgan fingerprint density at radius 3 is 2.83 bits per heavy atom. The number of hydrogen-bond donors (Lipinski definition) is 0. The van der Waals surface area contributed by atoms with Crippen LogP contribution in [0.5, 0.6) is 5.75 Å². The molecule has 0 aliphatic carbocycles. The van der Waals surface area contributed by atoms with E-state index in [9.17, 15) is 9.18 Å². The summed E-state index contributed by atoms with van der Waals surface area (Å²) in [5.74, 6) is -0.444. The van der Waals surface area contributed by atoms with E-state index in [1.807, 2.05) is 0 Å². The summed E-state index contributed by atoms with van der Waals surface area (Å²) in [5, 5.41) is 0. The van der Waals surface area contributed by atoms with E-state index in [2.05, 4.69) is 20.7 Å². The molecule has 0 unspecified atom stereocenters. The van der Waals surface area contributed by atoms with Crippen molar-refractivity contribution in [2.45, 2.75) is 0 Å². The Balaban J connectivity index is 3.00. The van der Waals surface area contributed by atoms with Crippen molar-refractivity contribution in [1.29, 1.82) is 0 Å². The molecule has 0 saturated carbocycles. The molecule has 0 atom stereocenters. The molecule has 1 rings (SSSR count). The van der Waals surface area contributed by atoms with Gasteiger partial charge in [0.2, 0.25) is 0 Å². The minimum Gasteiger partial charge on any atom is -0.413 e. The van der Waals surface area contributed by atoms with Gasteiger partial charge in [0.15, 0.2) is 0 Å². The summed E-state index contributed by atoms with van der Waals surface area (Å²) in [5.41, 5.74) is -0.999. The number of hydrogen-bond acceptors (Lipinski definition) is 2. The van der Waals surface area contributed by atoms with Gasteiger partial charge in [-0.3, -0.25) is 0 Å². The van der Waals surface area contributed by atoms with Crippen LogP contribution in [0.1, 0.15) is 0 Å². The van der Waals surface area contributed by atoms with Gasteiger partial charge in [-0.05, 0) is 28.1 Å². The second-order valence-electron chi connectivity index (χ2n) is 1.89. The molecule has 0 amide bonds. The van der Waals surface area contributed by atoms with Crippen molar-refractivity contribution in [2.75, 3.05) is 0 Å². The number of halogens is 3. The minimum absolute atomic E-state index is 0.0648. The first kappa shape index (κ1) is 9.48. The van der Waals surface area contributed by atoms with E-state index in [1.54, 1.807) is 0 Å². The van der Waals surface area contributed by atoms with Gasteiger partial charge in [-0.15, -0.1) is 0 Å². The zero-order chi connectivity index (χ0) is 9.14. The van der Waals surface area contributed by atoms with E-state index < -0.39 is 11.2 Å². The molecule has 5 heteroatoms. The molecule has 0 N–H and O–H groups in total. The van der Waals surface area contributed by atoms with E-state index in [0.29, 0.717) is 0 Å². The minimum atomic E-state index is -0.999. The van der Waals surface area contributed by atoms with Gasteiger partial charge < -0.3 is 4.74 Å². The number of benzene rings is 1. The van der Waals surface area contributed by atoms with Crippen LogP contribution in [0.3, 0.4) is 0 Å². The molecular formula is C7H3BrClFO2. The first-order valence-corrected chi connectivity index (χ1v) is 4.09. The molecule has 0 bridgehead atoms. The molecule has 0 aliphatic heterocycles. The first-order valence-electron chi connectivity index (χ1n) is 2.92. The van der Waals surface area contributed by atoms with Crippen LogP contribution in [0, 0.1) is 5.82 Å². The molecule has 64 valence electrons. The van der Waals surface area contributed by atoms with Crippen molar-refractivity contribution in [3.63, 3.8) is 0 Å². The van der Waals surface area contributed by atoms with Gasteiger partial charge in [-0.25, -0.2) is 9.18 Å². The number of rotatable bonds is 1. The molecule has 0 aromatic heterocycles. The Kier molecular flexibility index (Phi) is 3.05. The molecule has 0 fully saturated rings. The van der Waals surface area contributed by atoms with Crippen molar-refractivity contribution in [3.05, 3.63) is 28.5 Å². The summed E-state index contributed by atoms with van der Waals surface area (Å²) >= 11 is 7.83. The highest BCUT2D eigenvalue weighted by Crippen LogP contribution is 2.27. The smallest absolute Gasteiger partial charge is 0.409 e. The molecule has 1 aromatic rings. The lowest BCUT2D eigenvalue weighted by Crippen LogP contribution is -1.97. The Morgan fingerprint density at radius 2 is 2.25 bits per heavy atom. The lowest BCUT2D eigenvalue weighted by atomic mass is 10.3. The van der Waals surface area contributed by atoms with E-state index in [4.69, 9.17) is 11.6 Å². The van der Waals surface area contributed by atoms with Gasteiger partial charge in [-0.1, -0.05) is 6.07 Å².